The van der Waals surface area contributed by atoms with E-state index in [2.05, 4.69) is 37.4 Å². The van der Waals surface area contributed by atoms with Crippen molar-refractivity contribution < 1.29 is 4.74 Å². The highest BCUT2D eigenvalue weighted by Gasteiger charge is 2.20. The van der Waals surface area contributed by atoms with Crippen molar-refractivity contribution in [1.82, 2.24) is 9.78 Å². The van der Waals surface area contributed by atoms with Gasteiger partial charge in [-0.05, 0) is 39.5 Å². The van der Waals surface area contributed by atoms with E-state index in [1.54, 1.807) is 0 Å². The van der Waals surface area contributed by atoms with Gasteiger partial charge in [-0.25, -0.2) is 0 Å². The highest BCUT2D eigenvalue weighted by atomic mass is 16.5. The summed E-state index contributed by atoms with van der Waals surface area (Å²) in [4.78, 5) is 0. The molecule has 1 saturated heterocycles. The molecule has 1 unspecified atom stereocenters. The monoisotopic (exact) mass is 237 g/mol. The summed E-state index contributed by atoms with van der Waals surface area (Å²) in [5, 5.41) is 7.89. The van der Waals surface area contributed by atoms with Crippen LogP contribution in [0.1, 0.15) is 39.7 Å². The fourth-order valence-corrected chi connectivity index (χ4v) is 2.29. The van der Waals surface area contributed by atoms with Crippen molar-refractivity contribution >= 4 is 5.69 Å². The predicted octanol–water partition coefficient (Wildman–Crippen LogP) is 2.69. The van der Waals surface area contributed by atoms with Crippen LogP contribution in [0.4, 0.5) is 5.69 Å². The Balaban J connectivity index is 1.90. The van der Waals surface area contributed by atoms with Crippen LogP contribution in [0.5, 0.6) is 0 Å². The number of aromatic nitrogens is 2. The lowest BCUT2D eigenvalue weighted by Crippen LogP contribution is -2.30. The number of anilines is 1. The van der Waals surface area contributed by atoms with Crippen molar-refractivity contribution in [2.75, 3.05) is 18.5 Å². The molecule has 1 N–H and O–H groups in total. The second kappa shape index (κ2) is 5.54. The summed E-state index contributed by atoms with van der Waals surface area (Å²) >= 11 is 0. The Labute approximate surface area is 103 Å². The Morgan fingerprint density at radius 2 is 2.06 bits per heavy atom. The average Bonchev–Trinajstić information content (AvgIpc) is 2.79. The SMILES string of the molecule is CC(Nc1cnn(C(C)C)c1)C1CCOCC1. The summed E-state index contributed by atoms with van der Waals surface area (Å²) in [6.45, 7) is 8.34. The van der Waals surface area contributed by atoms with Gasteiger partial charge < -0.3 is 10.1 Å². The molecule has 1 aliphatic heterocycles. The molecule has 0 amide bonds. The molecule has 0 radical (unpaired) electrons. The maximum atomic E-state index is 5.39. The van der Waals surface area contributed by atoms with E-state index in [4.69, 9.17) is 4.74 Å². The van der Waals surface area contributed by atoms with E-state index >= 15 is 0 Å². The fraction of sp³-hybridized carbons (Fsp3) is 0.769. The van der Waals surface area contributed by atoms with Crippen molar-refractivity contribution in [3.63, 3.8) is 0 Å². The average molecular weight is 237 g/mol. The van der Waals surface area contributed by atoms with Crippen LogP contribution in [0.2, 0.25) is 0 Å². The van der Waals surface area contributed by atoms with E-state index < -0.39 is 0 Å². The van der Waals surface area contributed by atoms with E-state index in [-0.39, 0.29) is 0 Å². The lowest BCUT2D eigenvalue weighted by atomic mass is 9.93. The summed E-state index contributed by atoms with van der Waals surface area (Å²) < 4.78 is 7.38. The third-order valence-corrected chi connectivity index (χ3v) is 3.50. The third-order valence-electron chi connectivity index (χ3n) is 3.50. The van der Waals surface area contributed by atoms with Crippen LogP contribution < -0.4 is 5.32 Å². The van der Waals surface area contributed by atoms with Gasteiger partial charge >= 0.3 is 0 Å². The molecular formula is C13H23N3O. The highest BCUT2D eigenvalue weighted by Crippen LogP contribution is 2.22. The zero-order valence-electron chi connectivity index (χ0n) is 11.0. The van der Waals surface area contributed by atoms with Crippen LogP contribution in [0.25, 0.3) is 0 Å². The van der Waals surface area contributed by atoms with Crippen LogP contribution in [-0.2, 0) is 4.74 Å². The van der Waals surface area contributed by atoms with E-state index in [0.29, 0.717) is 18.0 Å². The Bertz CT molecular complexity index is 342. The standard InChI is InChI=1S/C13H23N3O/c1-10(2)16-9-13(8-14-16)15-11(3)12-4-6-17-7-5-12/h8-12,15H,4-7H2,1-3H3. The first-order chi connectivity index (χ1) is 8.16. The van der Waals surface area contributed by atoms with Gasteiger partial charge in [0.2, 0.25) is 0 Å². The third kappa shape index (κ3) is 3.22. The number of nitrogens with one attached hydrogen (secondary N) is 1. The van der Waals surface area contributed by atoms with Crippen molar-refractivity contribution in [3.8, 4) is 0 Å². The molecule has 1 atom stereocenters. The van der Waals surface area contributed by atoms with Gasteiger partial charge in [-0.1, -0.05) is 0 Å². The Morgan fingerprint density at radius 1 is 1.35 bits per heavy atom. The van der Waals surface area contributed by atoms with Crippen LogP contribution in [0.15, 0.2) is 12.4 Å². The van der Waals surface area contributed by atoms with Gasteiger partial charge in [0.25, 0.3) is 0 Å². The molecule has 0 aromatic carbocycles. The van der Waals surface area contributed by atoms with Crippen LogP contribution in [0, 0.1) is 5.92 Å². The second-order valence-electron chi connectivity index (χ2n) is 5.19. The lowest BCUT2D eigenvalue weighted by molar-refractivity contribution is 0.0622. The molecule has 0 spiro atoms. The molecule has 0 aliphatic carbocycles. The number of hydrogen-bond acceptors (Lipinski definition) is 3. The fourth-order valence-electron chi connectivity index (χ4n) is 2.29. The van der Waals surface area contributed by atoms with Gasteiger partial charge in [-0.2, -0.15) is 5.10 Å². The van der Waals surface area contributed by atoms with Crippen molar-refractivity contribution in [3.05, 3.63) is 12.4 Å². The molecule has 1 aromatic rings. The van der Waals surface area contributed by atoms with Gasteiger partial charge in [-0.3, -0.25) is 4.68 Å². The molecule has 4 nitrogen and oxygen atoms in total. The number of ether oxygens (including phenoxy) is 1. The predicted molar refractivity (Wildman–Crippen MR) is 69.2 cm³/mol. The van der Waals surface area contributed by atoms with Gasteiger partial charge in [0.05, 0.1) is 11.9 Å². The van der Waals surface area contributed by atoms with Crippen LogP contribution >= 0.6 is 0 Å². The topological polar surface area (TPSA) is 39.1 Å². The van der Waals surface area contributed by atoms with E-state index in [1.165, 1.54) is 0 Å². The molecule has 1 aromatic heterocycles. The van der Waals surface area contributed by atoms with Gasteiger partial charge in [0.1, 0.15) is 0 Å². The summed E-state index contributed by atoms with van der Waals surface area (Å²) in [6.07, 6.45) is 6.31. The van der Waals surface area contributed by atoms with Gasteiger partial charge in [-0.15, -0.1) is 0 Å². The van der Waals surface area contributed by atoms with Crippen LogP contribution in [0.3, 0.4) is 0 Å². The Hall–Kier alpha value is -1.03. The number of nitrogens with zero attached hydrogens (tertiary/aromatic N) is 2. The molecule has 17 heavy (non-hydrogen) atoms. The molecule has 96 valence electrons. The first kappa shape index (κ1) is 12.4. The quantitative estimate of drug-likeness (QED) is 0.875. The van der Waals surface area contributed by atoms with Crippen molar-refractivity contribution in [2.45, 2.75) is 45.7 Å². The molecule has 4 heteroatoms. The van der Waals surface area contributed by atoms with E-state index in [9.17, 15) is 0 Å². The first-order valence-electron chi connectivity index (χ1n) is 6.55. The zero-order chi connectivity index (χ0) is 12.3. The highest BCUT2D eigenvalue weighted by molar-refractivity contribution is 5.39. The summed E-state index contributed by atoms with van der Waals surface area (Å²) in [5.41, 5.74) is 1.12. The summed E-state index contributed by atoms with van der Waals surface area (Å²) in [7, 11) is 0. The van der Waals surface area contributed by atoms with Crippen molar-refractivity contribution in [2.24, 2.45) is 5.92 Å². The lowest BCUT2D eigenvalue weighted by Gasteiger charge is -2.28. The molecule has 0 bridgehead atoms. The smallest absolute Gasteiger partial charge is 0.0728 e. The normalized spacial score (nSPS) is 19.5. The first-order valence-corrected chi connectivity index (χ1v) is 6.55. The zero-order valence-corrected chi connectivity index (χ0v) is 11.0. The minimum absolute atomic E-state index is 0.420. The maximum Gasteiger partial charge on any atom is 0.0728 e. The molecular weight excluding hydrogens is 214 g/mol. The molecule has 1 aliphatic rings. The summed E-state index contributed by atoms with van der Waals surface area (Å²) in [6, 6.07) is 0.910. The van der Waals surface area contributed by atoms with Gasteiger partial charge in [0, 0.05) is 31.5 Å². The molecule has 2 rings (SSSR count). The Morgan fingerprint density at radius 3 is 2.65 bits per heavy atom. The number of rotatable bonds is 4. The molecule has 2 heterocycles. The molecule has 0 saturated carbocycles. The Kier molecular flexibility index (Phi) is 4.05. The second-order valence-corrected chi connectivity index (χ2v) is 5.19. The minimum Gasteiger partial charge on any atom is -0.381 e. The summed E-state index contributed by atoms with van der Waals surface area (Å²) in [5.74, 6) is 0.714. The van der Waals surface area contributed by atoms with Crippen LogP contribution in [-0.4, -0.2) is 29.0 Å². The van der Waals surface area contributed by atoms with Crippen molar-refractivity contribution in [1.29, 1.82) is 0 Å². The van der Waals surface area contributed by atoms with E-state index in [0.717, 1.165) is 31.7 Å². The largest absolute Gasteiger partial charge is 0.381 e. The van der Waals surface area contributed by atoms with Gasteiger partial charge in [0.15, 0.2) is 0 Å². The number of hydrogen-bond donors (Lipinski definition) is 1. The maximum absolute atomic E-state index is 5.39. The minimum atomic E-state index is 0.420. The van der Waals surface area contributed by atoms with E-state index in [1.807, 2.05) is 10.9 Å². The molecule has 1 fully saturated rings.